The topological polar surface area (TPSA) is 57.9 Å². The molecule has 20 heavy (non-hydrogen) atoms. The summed E-state index contributed by atoms with van der Waals surface area (Å²) in [6.45, 7) is 2.81. The quantitative estimate of drug-likeness (QED) is 0.766. The van der Waals surface area contributed by atoms with Crippen molar-refractivity contribution in [2.45, 2.75) is 13.5 Å². The molecular formula is C16H18N4. The van der Waals surface area contributed by atoms with Crippen LogP contribution in [0.5, 0.6) is 0 Å². The number of nitrogen functional groups attached to an aromatic ring is 1. The SMILES string of the molecule is Cc1cc(N(C)Cc2c[nH]c3ccccc23)ncc1N. The van der Waals surface area contributed by atoms with Gasteiger partial charge in [0.25, 0.3) is 0 Å². The molecule has 0 saturated carbocycles. The smallest absolute Gasteiger partial charge is 0.128 e. The monoisotopic (exact) mass is 266 g/mol. The molecule has 4 heteroatoms. The van der Waals surface area contributed by atoms with Crippen molar-refractivity contribution >= 4 is 22.4 Å². The van der Waals surface area contributed by atoms with Gasteiger partial charge in [0.1, 0.15) is 5.82 Å². The van der Waals surface area contributed by atoms with Crippen LogP contribution in [0, 0.1) is 6.92 Å². The Morgan fingerprint density at radius 3 is 2.90 bits per heavy atom. The molecule has 0 bridgehead atoms. The number of rotatable bonds is 3. The largest absolute Gasteiger partial charge is 0.397 e. The van der Waals surface area contributed by atoms with Crippen molar-refractivity contribution in [1.29, 1.82) is 0 Å². The van der Waals surface area contributed by atoms with E-state index in [1.807, 2.05) is 26.1 Å². The van der Waals surface area contributed by atoms with E-state index in [-0.39, 0.29) is 0 Å². The van der Waals surface area contributed by atoms with Crippen LogP contribution in [0.4, 0.5) is 11.5 Å². The highest BCUT2D eigenvalue weighted by molar-refractivity contribution is 5.83. The van der Waals surface area contributed by atoms with Crippen LogP contribution in [0.1, 0.15) is 11.1 Å². The molecule has 0 radical (unpaired) electrons. The molecule has 3 N–H and O–H groups in total. The number of H-pyrrole nitrogens is 1. The number of hydrogen-bond donors (Lipinski definition) is 2. The molecule has 2 heterocycles. The van der Waals surface area contributed by atoms with Crippen molar-refractivity contribution < 1.29 is 0 Å². The Morgan fingerprint density at radius 2 is 2.10 bits per heavy atom. The average molecular weight is 266 g/mol. The molecule has 2 aromatic heterocycles. The molecule has 0 atom stereocenters. The molecule has 0 aliphatic heterocycles. The van der Waals surface area contributed by atoms with Crippen LogP contribution < -0.4 is 10.6 Å². The van der Waals surface area contributed by atoms with Gasteiger partial charge in [-0.1, -0.05) is 18.2 Å². The zero-order valence-corrected chi connectivity index (χ0v) is 11.7. The first kappa shape index (κ1) is 12.5. The fourth-order valence-electron chi connectivity index (χ4n) is 2.36. The van der Waals surface area contributed by atoms with Crippen LogP contribution in [0.2, 0.25) is 0 Å². The Kier molecular flexibility index (Phi) is 3.06. The summed E-state index contributed by atoms with van der Waals surface area (Å²) in [5.41, 5.74) is 10.0. The van der Waals surface area contributed by atoms with Gasteiger partial charge in [-0.3, -0.25) is 0 Å². The Morgan fingerprint density at radius 1 is 1.30 bits per heavy atom. The van der Waals surface area contributed by atoms with E-state index < -0.39 is 0 Å². The number of anilines is 2. The highest BCUT2D eigenvalue weighted by Crippen LogP contribution is 2.22. The number of pyridine rings is 1. The van der Waals surface area contributed by atoms with Crippen LogP contribution in [0.3, 0.4) is 0 Å². The van der Waals surface area contributed by atoms with E-state index in [1.165, 1.54) is 10.9 Å². The molecule has 1 aromatic carbocycles. The van der Waals surface area contributed by atoms with Gasteiger partial charge in [-0.05, 0) is 30.2 Å². The van der Waals surface area contributed by atoms with Crippen LogP contribution in [0.15, 0.2) is 42.7 Å². The van der Waals surface area contributed by atoms with E-state index in [9.17, 15) is 0 Å². The van der Waals surface area contributed by atoms with Crippen molar-refractivity contribution in [3.05, 3.63) is 53.9 Å². The first-order chi connectivity index (χ1) is 9.65. The number of aryl methyl sites for hydroxylation is 1. The average Bonchev–Trinajstić information content (AvgIpc) is 2.85. The summed E-state index contributed by atoms with van der Waals surface area (Å²) in [5, 5.41) is 1.26. The second-order valence-electron chi connectivity index (χ2n) is 5.11. The maximum atomic E-state index is 5.81. The highest BCUT2D eigenvalue weighted by Gasteiger charge is 2.08. The molecule has 0 aliphatic rings. The van der Waals surface area contributed by atoms with Crippen molar-refractivity contribution in [1.82, 2.24) is 9.97 Å². The third kappa shape index (κ3) is 2.20. The molecule has 0 saturated heterocycles. The number of benzene rings is 1. The van der Waals surface area contributed by atoms with Gasteiger partial charge < -0.3 is 15.6 Å². The summed E-state index contributed by atoms with van der Waals surface area (Å²) in [5.74, 6) is 0.932. The van der Waals surface area contributed by atoms with Crippen molar-refractivity contribution in [2.24, 2.45) is 0 Å². The maximum Gasteiger partial charge on any atom is 0.128 e. The second kappa shape index (κ2) is 4.89. The van der Waals surface area contributed by atoms with E-state index >= 15 is 0 Å². The molecule has 3 aromatic rings. The maximum absolute atomic E-state index is 5.81. The number of aromatic nitrogens is 2. The lowest BCUT2D eigenvalue weighted by atomic mass is 10.1. The number of nitrogens with one attached hydrogen (secondary N) is 1. The lowest BCUT2D eigenvalue weighted by molar-refractivity contribution is 0.902. The van der Waals surface area contributed by atoms with Gasteiger partial charge in [-0.2, -0.15) is 0 Å². The van der Waals surface area contributed by atoms with E-state index in [1.54, 1.807) is 6.20 Å². The molecule has 0 amide bonds. The number of para-hydroxylation sites is 1. The summed E-state index contributed by atoms with van der Waals surface area (Å²) in [6.07, 6.45) is 3.78. The van der Waals surface area contributed by atoms with Crippen LogP contribution in [-0.2, 0) is 6.54 Å². The van der Waals surface area contributed by atoms with Gasteiger partial charge in [-0.15, -0.1) is 0 Å². The Balaban J connectivity index is 1.88. The summed E-state index contributed by atoms with van der Waals surface area (Å²) in [4.78, 5) is 9.82. The fraction of sp³-hybridized carbons (Fsp3) is 0.188. The molecule has 0 unspecified atom stereocenters. The molecule has 0 spiro atoms. The Bertz CT molecular complexity index is 745. The van der Waals surface area contributed by atoms with E-state index in [2.05, 4.69) is 39.3 Å². The highest BCUT2D eigenvalue weighted by atomic mass is 15.2. The zero-order valence-electron chi connectivity index (χ0n) is 11.7. The van der Waals surface area contributed by atoms with Crippen molar-refractivity contribution in [2.75, 3.05) is 17.7 Å². The van der Waals surface area contributed by atoms with E-state index in [0.29, 0.717) is 0 Å². The first-order valence-electron chi connectivity index (χ1n) is 6.63. The van der Waals surface area contributed by atoms with Crippen LogP contribution in [0.25, 0.3) is 10.9 Å². The van der Waals surface area contributed by atoms with Crippen molar-refractivity contribution in [3.8, 4) is 0 Å². The van der Waals surface area contributed by atoms with Gasteiger partial charge in [0.15, 0.2) is 0 Å². The van der Waals surface area contributed by atoms with Gasteiger partial charge in [0.2, 0.25) is 0 Å². The lowest BCUT2D eigenvalue weighted by Crippen LogP contribution is -2.17. The fourth-order valence-corrected chi connectivity index (χ4v) is 2.36. The number of aromatic amines is 1. The normalized spacial score (nSPS) is 10.9. The van der Waals surface area contributed by atoms with Crippen LogP contribution in [-0.4, -0.2) is 17.0 Å². The third-order valence-electron chi connectivity index (χ3n) is 3.61. The predicted octanol–water partition coefficient (Wildman–Crippen LogP) is 3.09. The van der Waals surface area contributed by atoms with E-state index in [0.717, 1.165) is 29.1 Å². The minimum atomic E-state index is 0.731. The number of fused-ring (bicyclic) bond motifs is 1. The van der Waals surface area contributed by atoms with Crippen molar-refractivity contribution in [3.63, 3.8) is 0 Å². The molecule has 3 rings (SSSR count). The number of hydrogen-bond acceptors (Lipinski definition) is 3. The summed E-state index contributed by atoms with van der Waals surface area (Å²) in [7, 11) is 2.04. The third-order valence-corrected chi connectivity index (χ3v) is 3.61. The molecular weight excluding hydrogens is 248 g/mol. The minimum absolute atomic E-state index is 0.731. The van der Waals surface area contributed by atoms with Gasteiger partial charge >= 0.3 is 0 Å². The predicted molar refractivity (Wildman–Crippen MR) is 83.8 cm³/mol. The molecule has 0 fully saturated rings. The van der Waals surface area contributed by atoms with Gasteiger partial charge in [0.05, 0.1) is 11.9 Å². The first-order valence-corrected chi connectivity index (χ1v) is 6.63. The summed E-state index contributed by atoms with van der Waals surface area (Å²) in [6, 6.07) is 10.3. The van der Waals surface area contributed by atoms with Gasteiger partial charge in [0, 0.05) is 30.7 Å². The summed E-state index contributed by atoms with van der Waals surface area (Å²) < 4.78 is 0. The second-order valence-corrected chi connectivity index (χ2v) is 5.11. The summed E-state index contributed by atoms with van der Waals surface area (Å²) >= 11 is 0. The van der Waals surface area contributed by atoms with E-state index in [4.69, 9.17) is 5.73 Å². The number of nitrogens with zero attached hydrogens (tertiary/aromatic N) is 2. The lowest BCUT2D eigenvalue weighted by Gasteiger charge is -2.18. The zero-order chi connectivity index (χ0) is 14.1. The Labute approximate surface area is 118 Å². The Hall–Kier alpha value is -2.49. The molecule has 0 aliphatic carbocycles. The van der Waals surface area contributed by atoms with Crippen LogP contribution >= 0.6 is 0 Å². The molecule has 4 nitrogen and oxygen atoms in total. The number of nitrogens with two attached hydrogens (primary N) is 1. The van der Waals surface area contributed by atoms with Gasteiger partial charge in [-0.25, -0.2) is 4.98 Å². The standard InChI is InChI=1S/C16H18N4/c1-11-7-16(19-9-14(11)17)20(2)10-12-8-18-15-6-4-3-5-13(12)15/h3-9,18H,10,17H2,1-2H3. The minimum Gasteiger partial charge on any atom is -0.397 e. The molecule has 102 valence electrons.